The molecule has 6 nitrogen and oxygen atoms in total. The molecule has 2 aromatic rings. The van der Waals surface area contributed by atoms with E-state index in [2.05, 4.69) is 14.5 Å². The molecule has 11 heteroatoms. The van der Waals surface area contributed by atoms with E-state index in [-0.39, 0.29) is 22.8 Å². The first-order chi connectivity index (χ1) is 10.3. The van der Waals surface area contributed by atoms with Gasteiger partial charge in [-0.1, -0.05) is 23.2 Å². The van der Waals surface area contributed by atoms with E-state index in [0.29, 0.717) is 0 Å². The first-order valence-corrected chi connectivity index (χ1v) is 7.24. The quantitative estimate of drug-likeness (QED) is 0.433. The van der Waals surface area contributed by atoms with Crippen molar-refractivity contribution in [2.24, 2.45) is 0 Å². The fourth-order valence-electron chi connectivity index (χ4n) is 1.52. The van der Waals surface area contributed by atoms with Gasteiger partial charge in [-0.25, -0.2) is 0 Å². The first-order valence-electron chi connectivity index (χ1n) is 5.45. The third-order valence-electron chi connectivity index (χ3n) is 2.44. The first kappa shape index (κ1) is 16.7. The average molecular weight is 370 g/mol. The van der Waals surface area contributed by atoms with Gasteiger partial charge in [0.05, 0.1) is 11.4 Å². The Labute approximate surface area is 135 Å². The molecule has 22 heavy (non-hydrogen) atoms. The SMILES string of the molecule is Nc1cc(Nc2c(Cl)c(F)nc(F)c2Cl)ccc1OS(=O)O. The summed E-state index contributed by atoms with van der Waals surface area (Å²) in [6.07, 6.45) is 0. The molecule has 0 aliphatic heterocycles. The van der Waals surface area contributed by atoms with Crippen molar-refractivity contribution in [3.8, 4) is 5.75 Å². The highest BCUT2D eigenvalue weighted by atomic mass is 35.5. The molecule has 0 bridgehead atoms. The lowest BCUT2D eigenvalue weighted by molar-refractivity contribution is 0.459. The van der Waals surface area contributed by atoms with Crippen molar-refractivity contribution >= 4 is 51.6 Å². The third-order valence-corrected chi connectivity index (χ3v) is 3.45. The Bertz CT molecular complexity index is 738. The molecule has 4 N–H and O–H groups in total. The van der Waals surface area contributed by atoms with Crippen molar-refractivity contribution in [3.63, 3.8) is 0 Å². The Hall–Kier alpha value is -1.68. The minimum absolute atomic E-state index is 0.00893. The van der Waals surface area contributed by atoms with Crippen LogP contribution in [0.3, 0.4) is 0 Å². The van der Waals surface area contributed by atoms with E-state index in [1.807, 2.05) is 0 Å². The maximum absolute atomic E-state index is 13.3. The highest BCUT2D eigenvalue weighted by Gasteiger charge is 2.18. The standard InChI is InChI=1S/C11H7Cl2F2N3O3S/c12-7-9(8(13)11(15)18-10(7)14)17-4-1-2-6(5(16)3-4)21-22(19)20/h1-3H,16H2,(H,17,18)(H,19,20). The van der Waals surface area contributed by atoms with Crippen LogP contribution in [0.1, 0.15) is 0 Å². The van der Waals surface area contributed by atoms with Crippen molar-refractivity contribution < 1.29 is 21.7 Å². The van der Waals surface area contributed by atoms with Crippen LogP contribution in [0.5, 0.6) is 5.75 Å². The molecular formula is C11H7Cl2F2N3O3S. The summed E-state index contributed by atoms with van der Waals surface area (Å²) in [6.45, 7) is 0. The van der Waals surface area contributed by atoms with Crippen LogP contribution < -0.4 is 15.2 Å². The molecular weight excluding hydrogens is 363 g/mol. The van der Waals surface area contributed by atoms with Gasteiger partial charge < -0.3 is 15.2 Å². The van der Waals surface area contributed by atoms with E-state index >= 15 is 0 Å². The topological polar surface area (TPSA) is 97.5 Å². The molecule has 0 fully saturated rings. The number of pyridine rings is 1. The van der Waals surface area contributed by atoms with Crippen LogP contribution in [0.15, 0.2) is 18.2 Å². The monoisotopic (exact) mass is 369 g/mol. The van der Waals surface area contributed by atoms with Crippen molar-refractivity contribution in [1.82, 2.24) is 4.98 Å². The molecule has 0 spiro atoms. The summed E-state index contributed by atoms with van der Waals surface area (Å²) in [5.41, 5.74) is 5.67. The van der Waals surface area contributed by atoms with Gasteiger partial charge in [0.25, 0.3) is 0 Å². The molecule has 0 amide bonds. The fourth-order valence-corrected chi connectivity index (χ4v) is 2.24. The number of anilines is 3. The van der Waals surface area contributed by atoms with Crippen LogP contribution in [0.4, 0.5) is 25.8 Å². The largest absolute Gasteiger partial charge is 0.396 e. The zero-order chi connectivity index (χ0) is 16.4. The number of nitrogens with zero attached hydrogens (tertiary/aromatic N) is 1. The predicted molar refractivity (Wildman–Crippen MR) is 79.7 cm³/mol. The van der Waals surface area contributed by atoms with Crippen LogP contribution in [0.25, 0.3) is 0 Å². The van der Waals surface area contributed by atoms with Crippen molar-refractivity contribution in [2.45, 2.75) is 0 Å². The molecule has 0 aliphatic carbocycles. The zero-order valence-electron chi connectivity index (χ0n) is 10.4. The Kier molecular flexibility index (Phi) is 5.01. The van der Waals surface area contributed by atoms with Crippen LogP contribution in [-0.2, 0) is 11.4 Å². The Morgan fingerprint density at radius 3 is 2.36 bits per heavy atom. The Balaban J connectivity index is 2.36. The van der Waals surface area contributed by atoms with E-state index in [9.17, 15) is 13.0 Å². The summed E-state index contributed by atoms with van der Waals surface area (Å²) in [7, 11) is 0. The van der Waals surface area contributed by atoms with E-state index in [1.54, 1.807) is 0 Å². The maximum Gasteiger partial charge on any atom is 0.357 e. The minimum atomic E-state index is -2.53. The van der Waals surface area contributed by atoms with Crippen molar-refractivity contribution in [2.75, 3.05) is 11.1 Å². The number of aromatic nitrogens is 1. The van der Waals surface area contributed by atoms with Crippen molar-refractivity contribution in [1.29, 1.82) is 0 Å². The Morgan fingerprint density at radius 1 is 1.27 bits per heavy atom. The van der Waals surface area contributed by atoms with Crippen LogP contribution in [-0.4, -0.2) is 13.7 Å². The minimum Gasteiger partial charge on any atom is -0.396 e. The van der Waals surface area contributed by atoms with Gasteiger partial charge in [-0.15, -0.1) is 0 Å². The summed E-state index contributed by atoms with van der Waals surface area (Å²) in [5, 5.41) is 1.59. The summed E-state index contributed by atoms with van der Waals surface area (Å²) in [4.78, 5) is 2.90. The molecule has 1 aromatic heterocycles. The van der Waals surface area contributed by atoms with Gasteiger partial charge in [-0.3, -0.25) is 4.55 Å². The van der Waals surface area contributed by atoms with Crippen LogP contribution in [0, 0.1) is 11.9 Å². The molecule has 1 aromatic carbocycles. The summed E-state index contributed by atoms with van der Waals surface area (Å²) in [6, 6.07) is 3.95. The third kappa shape index (κ3) is 3.55. The number of hydrogen-bond acceptors (Lipinski definition) is 5. The van der Waals surface area contributed by atoms with E-state index in [0.717, 1.165) is 0 Å². The fraction of sp³-hybridized carbons (Fsp3) is 0. The second-order valence-corrected chi connectivity index (χ2v) is 5.23. The summed E-state index contributed by atoms with van der Waals surface area (Å²) < 4.78 is 50.3. The van der Waals surface area contributed by atoms with Gasteiger partial charge in [-0.2, -0.15) is 18.0 Å². The van der Waals surface area contributed by atoms with Crippen LogP contribution >= 0.6 is 23.2 Å². The molecule has 1 atom stereocenters. The summed E-state index contributed by atoms with van der Waals surface area (Å²) in [5.74, 6) is -2.50. The van der Waals surface area contributed by atoms with Gasteiger partial charge in [0.1, 0.15) is 10.0 Å². The molecule has 0 aliphatic rings. The lowest BCUT2D eigenvalue weighted by atomic mass is 10.2. The number of nitrogens with one attached hydrogen (secondary N) is 1. The highest BCUT2D eigenvalue weighted by molar-refractivity contribution is 7.74. The molecule has 0 radical (unpaired) electrons. The van der Waals surface area contributed by atoms with Crippen molar-refractivity contribution in [3.05, 3.63) is 40.1 Å². The predicted octanol–water partition coefficient (Wildman–Crippen LogP) is 3.51. The number of rotatable bonds is 4. The molecule has 1 heterocycles. The highest BCUT2D eigenvalue weighted by Crippen LogP contribution is 2.36. The maximum atomic E-state index is 13.3. The second kappa shape index (κ2) is 6.61. The zero-order valence-corrected chi connectivity index (χ0v) is 12.8. The number of hydrogen-bond donors (Lipinski definition) is 3. The molecule has 118 valence electrons. The number of nitrogens with two attached hydrogens (primary N) is 1. The molecule has 0 saturated heterocycles. The van der Waals surface area contributed by atoms with Gasteiger partial charge >= 0.3 is 11.4 Å². The average Bonchev–Trinajstić information content (AvgIpc) is 2.44. The normalized spacial score (nSPS) is 12.0. The molecule has 1 unspecified atom stereocenters. The van der Waals surface area contributed by atoms with Gasteiger partial charge in [-0.05, 0) is 18.2 Å². The van der Waals surface area contributed by atoms with Gasteiger partial charge in [0.15, 0.2) is 5.75 Å². The van der Waals surface area contributed by atoms with E-state index in [4.69, 9.17) is 33.5 Å². The Morgan fingerprint density at radius 2 is 1.86 bits per heavy atom. The second-order valence-electron chi connectivity index (χ2n) is 3.87. The molecule has 0 saturated carbocycles. The lowest BCUT2D eigenvalue weighted by Crippen LogP contribution is -2.03. The smallest absolute Gasteiger partial charge is 0.357 e. The van der Waals surface area contributed by atoms with Gasteiger partial charge in [0.2, 0.25) is 11.9 Å². The van der Waals surface area contributed by atoms with Gasteiger partial charge in [0, 0.05) is 5.69 Å². The van der Waals surface area contributed by atoms with E-state index in [1.165, 1.54) is 18.2 Å². The lowest BCUT2D eigenvalue weighted by Gasteiger charge is -2.12. The number of nitrogen functional groups attached to an aromatic ring is 1. The number of halogens is 4. The number of benzene rings is 1. The summed E-state index contributed by atoms with van der Waals surface area (Å²) >= 11 is 8.82. The van der Waals surface area contributed by atoms with Crippen LogP contribution in [0.2, 0.25) is 10.0 Å². The van der Waals surface area contributed by atoms with E-state index < -0.39 is 33.3 Å². The molecule has 2 rings (SSSR count).